The second-order valence-electron chi connectivity index (χ2n) is 9.20. The summed E-state index contributed by atoms with van der Waals surface area (Å²) in [4.78, 5) is 29.1. The Hall–Kier alpha value is -2.12. The van der Waals surface area contributed by atoms with Crippen molar-refractivity contribution in [1.82, 2.24) is 24.6 Å². The lowest BCUT2D eigenvalue weighted by molar-refractivity contribution is -0.136. The van der Waals surface area contributed by atoms with E-state index in [0.717, 1.165) is 56.7 Å². The van der Waals surface area contributed by atoms with Crippen LogP contribution in [-0.4, -0.2) is 55.3 Å². The van der Waals surface area contributed by atoms with Crippen LogP contribution in [0.4, 0.5) is 4.79 Å². The molecule has 0 radical (unpaired) electrons. The molecule has 1 saturated heterocycles. The van der Waals surface area contributed by atoms with Gasteiger partial charge in [-0.25, -0.2) is 4.79 Å². The average Bonchev–Trinajstić information content (AvgIpc) is 3.38. The zero-order chi connectivity index (χ0) is 19.9. The summed E-state index contributed by atoms with van der Waals surface area (Å²) < 4.78 is 7.58. The topological polar surface area (TPSA) is 80.6 Å². The van der Waals surface area contributed by atoms with Crippen LogP contribution >= 0.6 is 0 Å². The highest BCUT2D eigenvalue weighted by atomic mass is 16.6. The lowest BCUT2D eigenvalue weighted by Gasteiger charge is -2.32. The van der Waals surface area contributed by atoms with Crippen molar-refractivity contribution >= 4 is 12.0 Å². The van der Waals surface area contributed by atoms with Crippen LogP contribution < -0.4 is 0 Å². The number of carbonyl (C=O) groups is 2. The molecule has 0 N–H and O–H groups in total. The molecule has 1 aromatic rings. The quantitative estimate of drug-likeness (QED) is 0.777. The molecule has 4 rings (SSSR count). The molecule has 2 fully saturated rings. The molecule has 28 heavy (non-hydrogen) atoms. The fraction of sp³-hybridized carbons (Fsp3) is 0.800. The van der Waals surface area contributed by atoms with Gasteiger partial charge in [0.25, 0.3) is 0 Å². The summed E-state index contributed by atoms with van der Waals surface area (Å²) in [7, 11) is 0. The van der Waals surface area contributed by atoms with Gasteiger partial charge >= 0.3 is 6.09 Å². The Morgan fingerprint density at radius 1 is 1.00 bits per heavy atom. The molecule has 3 heterocycles. The zero-order valence-electron chi connectivity index (χ0n) is 17.2. The SMILES string of the molecule is CC(C)(C)OC(=O)N1CCn2c(nnc2[C@H]2CCCN2C(=O)C2CCCC2)C1. The van der Waals surface area contributed by atoms with Gasteiger partial charge < -0.3 is 14.2 Å². The van der Waals surface area contributed by atoms with Gasteiger partial charge in [0.1, 0.15) is 5.60 Å². The molecule has 0 unspecified atom stereocenters. The van der Waals surface area contributed by atoms with E-state index in [1.54, 1.807) is 4.90 Å². The molecule has 2 aliphatic heterocycles. The number of nitrogens with zero attached hydrogens (tertiary/aromatic N) is 5. The monoisotopic (exact) mass is 389 g/mol. The first-order valence-corrected chi connectivity index (χ1v) is 10.5. The second kappa shape index (κ2) is 7.37. The van der Waals surface area contributed by atoms with Crippen LogP contribution in [0.25, 0.3) is 0 Å². The van der Waals surface area contributed by atoms with Gasteiger partial charge in [0.15, 0.2) is 11.6 Å². The van der Waals surface area contributed by atoms with E-state index in [2.05, 4.69) is 14.8 Å². The largest absolute Gasteiger partial charge is 0.444 e. The third-order valence-electron chi connectivity index (χ3n) is 5.97. The number of likely N-dealkylation sites (tertiary alicyclic amines) is 1. The minimum Gasteiger partial charge on any atom is -0.444 e. The average molecular weight is 390 g/mol. The standard InChI is InChI=1S/C20H31N5O3/c1-20(2,3)28-19(27)23-11-12-25-16(13-23)21-22-17(25)15-9-6-10-24(15)18(26)14-7-4-5-8-14/h14-15H,4-13H2,1-3H3/t15-/m1/s1. The molecule has 1 aromatic heterocycles. The van der Waals surface area contributed by atoms with Crippen molar-refractivity contribution < 1.29 is 14.3 Å². The van der Waals surface area contributed by atoms with E-state index in [-0.39, 0.29) is 18.1 Å². The zero-order valence-corrected chi connectivity index (χ0v) is 17.2. The first kappa shape index (κ1) is 19.2. The van der Waals surface area contributed by atoms with Crippen molar-refractivity contribution in [2.75, 3.05) is 13.1 Å². The Morgan fingerprint density at radius 2 is 1.75 bits per heavy atom. The smallest absolute Gasteiger partial charge is 0.410 e. The molecule has 154 valence electrons. The summed E-state index contributed by atoms with van der Waals surface area (Å²) in [5.74, 6) is 2.13. The van der Waals surface area contributed by atoms with Gasteiger partial charge in [-0.3, -0.25) is 9.69 Å². The summed E-state index contributed by atoms with van der Waals surface area (Å²) in [6.45, 7) is 8.01. The predicted octanol–water partition coefficient (Wildman–Crippen LogP) is 2.88. The minimum absolute atomic E-state index is 0.0161. The molecule has 0 bridgehead atoms. The maximum atomic E-state index is 13.0. The number of hydrogen-bond acceptors (Lipinski definition) is 5. The van der Waals surface area contributed by atoms with Gasteiger partial charge in [0, 0.05) is 25.6 Å². The van der Waals surface area contributed by atoms with Crippen LogP contribution in [0.2, 0.25) is 0 Å². The Morgan fingerprint density at radius 3 is 2.46 bits per heavy atom. The molecule has 1 saturated carbocycles. The predicted molar refractivity (Wildman–Crippen MR) is 102 cm³/mol. The van der Waals surface area contributed by atoms with Crippen molar-refractivity contribution in [3.8, 4) is 0 Å². The van der Waals surface area contributed by atoms with Gasteiger partial charge in [-0.1, -0.05) is 12.8 Å². The van der Waals surface area contributed by atoms with Crippen molar-refractivity contribution in [2.45, 2.75) is 84.0 Å². The molecule has 1 atom stereocenters. The van der Waals surface area contributed by atoms with E-state index >= 15 is 0 Å². The number of rotatable bonds is 2. The van der Waals surface area contributed by atoms with E-state index in [1.807, 2.05) is 25.7 Å². The maximum absolute atomic E-state index is 13.0. The first-order chi connectivity index (χ1) is 13.3. The van der Waals surface area contributed by atoms with Crippen molar-refractivity contribution in [3.05, 3.63) is 11.6 Å². The molecule has 8 heteroatoms. The highest BCUT2D eigenvalue weighted by molar-refractivity contribution is 5.79. The van der Waals surface area contributed by atoms with Crippen LogP contribution in [0.3, 0.4) is 0 Å². The number of aromatic nitrogens is 3. The van der Waals surface area contributed by atoms with Crippen LogP contribution in [-0.2, 0) is 22.6 Å². The van der Waals surface area contributed by atoms with Crippen LogP contribution in [0, 0.1) is 5.92 Å². The fourth-order valence-electron chi connectivity index (χ4n) is 4.62. The lowest BCUT2D eigenvalue weighted by Crippen LogP contribution is -2.42. The highest BCUT2D eigenvalue weighted by Crippen LogP contribution is 2.36. The van der Waals surface area contributed by atoms with E-state index in [9.17, 15) is 9.59 Å². The van der Waals surface area contributed by atoms with Crippen molar-refractivity contribution in [2.24, 2.45) is 5.92 Å². The number of carbonyl (C=O) groups excluding carboxylic acids is 2. The van der Waals surface area contributed by atoms with Gasteiger partial charge in [-0.05, 0) is 46.5 Å². The summed E-state index contributed by atoms with van der Waals surface area (Å²) in [6, 6.07) is 0.0161. The van der Waals surface area contributed by atoms with Gasteiger partial charge in [-0.2, -0.15) is 0 Å². The van der Waals surface area contributed by atoms with Crippen LogP contribution in [0.1, 0.15) is 77.0 Å². The number of amides is 2. The van der Waals surface area contributed by atoms with E-state index < -0.39 is 5.60 Å². The highest BCUT2D eigenvalue weighted by Gasteiger charge is 2.38. The maximum Gasteiger partial charge on any atom is 0.410 e. The summed E-state index contributed by atoms with van der Waals surface area (Å²) in [6.07, 6.45) is 5.99. The molecule has 8 nitrogen and oxygen atoms in total. The third-order valence-corrected chi connectivity index (χ3v) is 5.97. The van der Waals surface area contributed by atoms with E-state index in [1.165, 1.54) is 0 Å². The van der Waals surface area contributed by atoms with E-state index in [0.29, 0.717) is 25.5 Å². The van der Waals surface area contributed by atoms with Gasteiger partial charge in [0.2, 0.25) is 5.91 Å². The lowest BCUT2D eigenvalue weighted by atomic mass is 10.1. The van der Waals surface area contributed by atoms with Crippen molar-refractivity contribution in [1.29, 1.82) is 0 Å². The summed E-state index contributed by atoms with van der Waals surface area (Å²) in [5, 5.41) is 8.79. The molecular weight excluding hydrogens is 358 g/mol. The Labute approximate surface area is 166 Å². The Balaban J connectivity index is 1.48. The van der Waals surface area contributed by atoms with Gasteiger partial charge in [0.05, 0.1) is 12.6 Å². The number of fused-ring (bicyclic) bond motifs is 1. The Kier molecular flexibility index (Phi) is 5.05. The summed E-state index contributed by atoms with van der Waals surface area (Å²) in [5.41, 5.74) is -0.516. The first-order valence-electron chi connectivity index (χ1n) is 10.5. The third kappa shape index (κ3) is 3.73. The molecule has 1 aliphatic carbocycles. The normalized spacial score (nSPS) is 23.2. The molecular formula is C20H31N5O3. The fourth-order valence-corrected chi connectivity index (χ4v) is 4.62. The summed E-state index contributed by atoms with van der Waals surface area (Å²) >= 11 is 0. The molecule has 0 spiro atoms. The second-order valence-corrected chi connectivity index (χ2v) is 9.20. The van der Waals surface area contributed by atoms with Crippen LogP contribution in [0.5, 0.6) is 0 Å². The molecule has 2 amide bonds. The van der Waals surface area contributed by atoms with Gasteiger partial charge in [-0.15, -0.1) is 10.2 Å². The number of ether oxygens (including phenoxy) is 1. The van der Waals surface area contributed by atoms with Crippen molar-refractivity contribution in [3.63, 3.8) is 0 Å². The molecule has 3 aliphatic rings. The van der Waals surface area contributed by atoms with Crippen LogP contribution in [0.15, 0.2) is 0 Å². The van der Waals surface area contributed by atoms with E-state index in [4.69, 9.17) is 4.74 Å². The minimum atomic E-state index is -0.516. The number of hydrogen-bond donors (Lipinski definition) is 0. The Bertz CT molecular complexity index is 748. The molecule has 0 aromatic carbocycles.